The van der Waals surface area contributed by atoms with Crippen molar-refractivity contribution in [3.63, 3.8) is 0 Å². The number of ether oxygens (including phenoxy) is 1. The largest absolute Gasteiger partial charge is 0.465 e. The molecule has 1 aromatic carbocycles. The van der Waals surface area contributed by atoms with Gasteiger partial charge in [-0.15, -0.1) is 0 Å². The molecule has 5 heteroatoms. The number of benzene rings is 1. The minimum Gasteiger partial charge on any atom is -0.465 e. The van der Waals surface area contributed by atoms with E-state index in [2.05, 4.69) is 4.74 Å². The third kappa shape index (κ3) is 1.70. The summed E-state index contributed by atoms with van der Waals surface area (Å²) < 4.78 is 30.5. The summed E-state index contributed by atoms with van der Waals surface area (Å²) in [6, 6.07) is 1.04. The van der Waals surface area contributed by atoms with Gasteiger partial charge in [0.25, 0.3) is 0 Å². The maximum atomic E-state index is 13.1. The van der Waals surface area contributed by atoms with Crippen molar-refractivity contribution in [3.05, 3.63) is 33.9 Å². The summed E-state index contributed by atoms with van der Waals surface area (Å²) >= 11 is 5.58. The molecule has 0 aromatic heterocycles. The van der Waals surface area contributed by atoms with Gasteiger partial charge in [-0.3, -0.25) is 0 Å². The molecule has 0 fully saturated rings. The van der Waals surface area contributed by atoms with E-state index in [1.165, 1.54) is 6.92 Å². The Labute approximate surface area is 84.4 Å². The fraction of sp³-hybridized carbons (Fsp3) is 0.222. The van der Waals surface area contributed by atoms with Gasteiger partial charge in [-0.1, -0.05) is 11.6 Å². The van der Waals surface area contributed by atoms with Crippen LogP contribution in [0.15, 0.2) is 6.07 Å². The van der Waals surface area contributed by atoms with Crippen molar-refractivity contribution in [2.75, 3.05) is 7.11 Å². The van der Waals surface area contributed by atoms with Crippen LogP contribution in [-0.4, -0.2) is 13.1 Å². The molecule has 0 aliphatic rings. The monoisotopic (exact) mass is 220 g/mol. The number of esters is 1. The highest BCUT2D eigenvalue weighted by molar-refractivity contribution is 6.31. The lowest BCUT2D eigenvalue weighted by Crippen LogP contribution is -2.07. The van der Waals surface area contributed by atoms with Gasteiger partial charge in [0.1, 0.15) is 0 Å². The molecule has 0 heterocycles. The first-order valence-electron chi connectivity index (χ1n) is 3.71. The van der Waals surface area contributed by atoms with Crippen LogP contribution in [0.4, 0.5) is 8.78 Å². The Balaban J connectivity index is 3.40. The fourth-order valence-electron chi connectivity index (χ4n) is 0.945. The molecular weight excluding hydrogens is 214 g/mol. The number of hydrogen-bond donors (Lipinski definition) is 0. The Kier molecular flexibility index (Phi) is 3.06. The molecule has 14 heavy (non-hydrogen) atoms. The summed E-state index contributed by atoms with van der Waals surface area (Å²) in [7, 11) is 1.08. The predicted molar refractivity (Wildman–Crippen MR) is 47.4 cm³/mol. The smallest absolute Gasteiger partial charge is 0.341 e. The summed E-state index contributed by atoms with van der Waals surface area (Å²) in [5.41, 5.74) is -0.530. The average Bonchev–Trinajstić information content (AvgIpc) is 2.19. The van der Waals surface area contributed by atoms with Crippen LogP contribution in [0.2, 0.25) is 5.02 Å². The molecule has 0 atom stereocenters. The van der Waals surface area contributed by atoms with Crippen LogP contribution in [0.25, 0.3) is 0 Å². The number of hydrogen-bond acceptors (Lipinski definition) is 2. The Morgan fingerprint density at radius 1 is 1.43 bits per heavy atom. The van der Waals surface area contributed by atoms with Crippen molar-refractivity contribution >= 4 is 17.6 Å². The SMILES string of the molecule is COC(=O)c1cc(Cl)c(C)c(F)c1F. The van der Waals surface area contributed by atoms with Crippen LogP contribution in [0, 0.1) is 18.6 Å². The van der Waals surface area contributed by atoms with E-state index in [0.29, 0.717) is 0 Å². The molecule has 0 aliphatic heterocycles. The third-order valence-electron chi connectivity index (χ3n) is 1.79. The molecule has 1 rings (SSSR count). The maximum Gasteiger partial charge on any atom is 0.341 e. The average molecular weight is 221 g/mol. The van der Waals surface area contributed by atoms with Crippen molar-refractivity contribution in [3.8, 4) is 0 Å². The number of carbonyl (C=O) groups excluding carboxylic acids is 1. The van der Waals surface area contributed by atoms with Gasteiger partial charge in [0.15, 0.2) is 11.6 Å². The van der Waals surface area contributed by atoms with Gasteiger partial charge in [0.2, 0.25) is 0 Å². The first-order chi connectivity index (χ1) is 6.49. The Morgan fingerprint density at radius 3 is 2.50 bits per heavy atom. The molecule has 0 N–H and O–H groups in total. The molecule has 2 nitrogen and oxygen atoms in total. The molecular formula is C9H7ClF2O2. The Hall–Kier alpha value is -1.16. The second-order valence-electron chi connectivity index (χ2n) is 2.65. The summed E-state index contributed by atoms with van der Waals surface area (Å²) in [5.74, 6) is -3.32. The normalized spacial score (nSPS) is 10.1. The van der Waals surface area contributed by atoms with E-state index in [0.717, 1.165) is 13.2 Å². The molecule has 0 bridgehead atoms. The number of halogens is 3. The van der Waals surface area contributed by atoms with Crippen molar-refractivity contribution in [1.29, 1.82) is 0 Å². The zero-order valence-corrected chi connectivity index (χ0v) is 8.28. The van der Waals surface area contributed by atoms with Gasteiger partial charge in [-0.25, -0.2) is 13.6 Å². The van der Waals surface area contributed by atoms with Crippen molar-refractivity contribution < 1.29 is 18.3 Å². The van der Waals surface area contributed by atoms with E-state index in [1.54, 1.807) is 0 Å². The lowest BCUT2D eigenvalue weighted by atomic mass is 10.1. The van der Waals surface area contributed by atoms with E-state index in [-0.39, 0.29) is 10.6 Å². The number of rotatable bonds is 1. The highest BCUT2D eigenvalue weighted by Gasteiger charge is 2.20. The topological polar surface area (TPSA) is 26.3 Å². The molecule has 0 saturated carbocycles. The summed E-state index contributed by atoms with van der Waals surface area (Å²) in [6.07, 6.45) is 0. The van der Waals surface area contributed by atoms with Crippen LogP contribution >= 0.6 is 11.6 Å². The summed E-state index contributed by atoms with van der Waals surface area (Å²) in [5, 5.41) is -0.00991. The zero-order chi connectivity index (χ0) is 10.9. The minimum absolute atomic E-state index is 0.00991. The lowest BCUT2D eigenvalue weighted by Gasteiger charge is -2.05. The highest BCUT2D eigenvalue weighted by Crippen LogP contribution is 2.24. The number of methoxy groups -OCH3 is 1. The van der Waals surface area contributed by atoms with Crippen LogP contribution in [0.3, 0.4) is 0 Å². The molecule has 0 saturated heterocycles. The Morgan fingerprint density at radius 2 is 2.00 bits per heavy atom. The Bertz CT molecular complexity index is 391. The standard InChI is InChI=1S/C9H7ClF2O2/c1-4-6(10)3-5(9(13)14-2)8(12)7(4)11/h3H,1-2H3. The first-order valence-corrected chi connectivity index (χ1v) is 4.09. The maximum absolute atomic E-state index is 13.1. The molecule has 0 unspecified atom stereocenters. The second kappa shape index (κ2) is 3.92. The van der Waals surface area contributed by atoms with E-state index in [9.17, 15) is 13.6 Å². The van der Waals surface area contributed by atoms with Gasteiger partial charge >= 0.3 is 5.97 Å². The van der Waals surface area contributed by atoms with Crippen molar-refractivity contribution in [2.24, 2.45) is 0 Å². The van der Waals surface area contributed by atoms with Crippen molar-refractivity contribution in [2.45, 2.75) is 6.92 Å². The van der Waals surface area contributed by atoms with Crippen LogP contribution in [0.1, 0.15) is 15.9 Å². The highest BCUT2D eigenvalue weighted by atomic mass is 35.5. The van der Waals surface area contributed by atoms with Crippen molar-refractivity contribution in [1.82, 2.24) is 0 Å². The molecule has 0 amide bonds. The quantitative estimate of drug-likeness (QED) is 0.537. The van der Waals surface area contributed by atoms with Gasteiger partial charge in [-0.2, -0.15) is 0 Å². The molecule has 0 radical (unpaired) electrons. The van der Waals surface area contributed by atoms with Gasteiger partial charge < -0.3 is 4.74 Å². The van der Waals surface area contributed by atoms with Crippen LogP contribution in [-0.2, 0) is 4.74 Å². The predicted octanol–water partition coefficient (Wildman–Crippen LogP) is 2.71. The van der Waals surface area contributed by atoms with Gasteiger partial charge in [0.05, 0.1) is 12.7 Å². The van der Waals surface area contributed by atoms with E-state index >= 15 is 0 Å². The molecule has 0 spiro atoms. The first kappa shape index (κ1) is 10.9. The van der Waals surface area contributed by atoms with E-state index in [4.69, 9.17) is 11.6 Å². The molecule has 1 aromatic rings. The molecule has 0 aliphatic carbocycles. The number of carbonyl (C=O) groups is 1. The zero-order valence-electron chi connectivity index (χ0n) is 7.53. The van der Waals surface area contributed by atoms with Gasteiger partial charge in [-0.05, 0) is 13.0 Å². The minimum atomic E-state index is -1.24. The van der Waals surface area contributed by atoms with E-state index < -0.39 is 23.2 Å². The lowest BCUT2D eigenvalue weighted by molar-refractivity contribution is 0.0594. The second-order valence-corrected chi connectivity index (χ2v) is 3.06. The fourth-order valence-corrected chi connectivity index (χ4v) is 1.14. The van der Waals surface area contributed by atoms with Gasteiger partial charge in [0, 0.05) is 10.6 Å². The third-order valence-corrected chi connectivity index (χ3v) is 2.19. The summed E-state index contributed by atoms with van der Waals surface area (Å²) in [4.78, 5) is 11.0. The molecule has 76 valence electrons. The van der Waals surface area contributed by atoms with E-state index in [1.807, 2.05) is 0 Å². The van der Waals surface area contributed by atoms with Crippen LogP contribution in [0.5, 0.6) is 0 Å². The van der Waals surface area contributed by atoms with Crippen LogP contribution < -0.4 is 0 Å². The summed E-state index contributed by atoms with van der Waals surface area (Å²) in [6.45, 7) is 1.32.